The topological polar surface area (TPSA) is 161 Å². The van der Waals surface area contributed by atoms with E-state index in [1.807, 2.05) is 0 Å². The molecule has 0 aliphatic carbocycles. The van der Waals surface area contributed by atoms with Gasteiger partial charge in [0.2, 0.25) is 0 Å². The summed E-state index contributed by atoms with van der Waals surface area (Å²) in [5.74, 6) is 0. The number of rotatable bonds is 8. The first-order valence-corrected chi connectivity index (χ1v) is 4.52. The average molecular weight is 240 g/mol. The minimum Gasteiger partial charge on any atom is -0.0435 e. The van der Waals surface area contributed by atoms with Crippen LogP contribution in [0.1, 0.15) is 0 Å². The molecule has 0 radical (unpaired) electrons. The minimum absolute atomic E-state index is 0.122. The highest BCUT2D eigenvalue weighted by Gasteiger charge is 2.38. The number of diazo groups is 4. The lowest BCUT2D eigenvalue weighted by atomic mass is 9.88. The first-order chi connectivity index (χ1) is 8.24. The van der Waals surface area contributed by atoms with Crippen LogP contribution < -0.4 is 21.7 Å². The van der Waals surface area contributed by atoms with Crippen LogP contribution in [-0.4, -0.2) is 26.2 Å². The van der Waals surface area contributed by atoms with Gasteiger partial charge in [-0.1, -0.05) is 0 Å². The van der Waals surface area contributed by atoms with Crippen LogP contribution in [0.3, 0.4) is 0 Å². The van der Waals surface area contributed by atoms with Crippen LogP contribution in [0.4, 0.5) is 0 Å². The van der Waals surface area contributed by atoms with Gasteiger partial charge in [0.15, 0.2) is 0 Å². The molecule has 0 fully saturated rings. The quantitative estimate of drug-likeness (QED) is 0.323. The van der Waals surface area contributed by atoms with E-state index in [4.69, 9.17) is 21.6 Å². The first kappa shape index (κ1) is 13.9. The van der Waals surface area contributed by atoms with Gasteiger partial charge in [0.1, 0.15) is 26.2 Å². The maximum atomic E-state index is 8.34. The predicted molar refractivity (Wildman–Crippen MR) is 54.8 cm³/mol. The highest BCUT2D eigenvalue weighted by molar-refractivity contribution is 4.89. The van der Waals surface area contributed by atoms with Gasteiger partial charge < -0.3 is 0 Å². The lowest BCUT2D eigenvalue weighted by Crippen LogP contribution is -2.50. The summed E-state index contributed by atoms with van der Waals surface area (Å²) in [5.41, 5.74) is 8.47. The van der Waals surface area contributed by atoms with Crippen molar-refractivity contribution in [3.05, 3.63) is 20.3 Å². The molecule has 0 aliphatic heterocycles. The Kier molecular flexibility index (Phi) is 6.70. The maximum absolute atomic E-state index is 8.34. The Morgan fingerprint density at radius 2 is 0.824 bits per heavy atom. The normalized spacial score (nSPS) is 8.71. The van der Waals surface area contributed by atoms with E-state index in [1.54, 1.807) is 0 Å². The molecule has 0 heterocycles. The third-order valence-electron chi connectivity index (χ3n) is 2.10. The maximum Gasteiger partial charge on any atom is 0.302 e. The molecule has 0 saturated heterocycles. The second-order valence-electron chi connectivity index (χ2n) is 3.24. The molecular weight excluding hydrogens is 228 g/mol. The van der Waals surface area contributed by atoms with E-state index in [0.717, 1.165) is 0 Å². The molecule has 0 aliphatic rings. The standard InChI is InChI=1S/C5H12N12/c6-14-10-1-5(2-11-15-7,3-12-16-8)4-13-17-9/h10-13H,1-4H2/q+4. The zero-order valence-corrected chi connectivity index (χ0v) is 8.91. The molecule has 0 rings (SSSR count). The predicted octanol–water partition coefficient (Wildman–Crippen LogP) is -0.596. The van der Waals surface area contributed by atoms with Crippen LogP contribution in [0.2, 0.25) is 0 Å². The van der Waals surface area contributed by atoms with E-state index in [1.165, 1.54) is 0 Å². The van der Waals surface area contributed by atoms with Gasteiger partial charge in [-0.05, 0) is 21.7 Å². The lowest BCUT2D eigenvalue weighted by Gasteiger charge is -2.22. The Balaban J connectivity index is 4.67. The van der Waals surface area contributed by atoms with E-state index in [-0.39, 0.29) is 26.2 Å². The summed E-state index contributed by atoms with van der Waals surface area (Å²) < 4.78 is 0. The van der Waals surface area contributed by atoms with Crippen molar-refractivity contribution >= 4 is 0 Å². The Labute approximate surface area is 96.1 Å². The fourth-order valence-corrected chi connectivity index (χ4v) is 1.19. The van der Waals surface area contributed by atoms with Gasteiger partial charge in [-0.3, -0.25) is 0 Å². The molecule has 4 N–H and O–H groups in total. The van der Waals surface area contributed by atoms with Crippen molar-refractivity contribution < 1.29 is 0 Å². The zero-order chi connectivity index (χ0) is 13.0. The van der Waals surface area contributed by atoms with E-state index >= 15 is 0 Å². The minimum atomic E-state index is -0.753. The molecule has 0 bridgehead atoms. The van der Waals surface area contributed by atoms with Crippen molar-refractivity contribution in [1.82, 2.24) is 21.7 Å². The van der Waals surface area contributed by atoms with E-state index < -0.39 is 5.41 Å². The van der Waals surface area contributed by atoms with Gasteiger partial charge in [-0.15, -0.1) is 0 Å². The van der Waals surface area contributed by atoms with Crippen molar-refractivity contribution in [2.75, 3.05) is 26.2 Å². The summed E-state index contributed by atoms with van der Waals surface area (Å²) in [5, 5.41) is 44.3. The van der Waals surface area contributed by atoms with Gasteiger partial charge >= 0.3 is 20.3 Å². The molecule has 0 amide bonds. The molecule has 0 aromatic carbocycles. The average Bonchev–Trinajstić information content (AvgIpc) is 2.37. The smallest absolute Gasteiger partial charge is 0.0435 e. The third-order valence-corrected chi connectivity index (χ3v) is 2.10. The lowest BCUT2D eigenvalue weighted by molar-refractivity contribution is 0.267. The molecule has 0 spiro atoms. The van der Waals surface area contributed by atoms with Gasteiger partial charge in [0.05, 0.1) is 5.41 Å². The van der Waals surface area contributed by atoms with Crippen LogP contribution in [0.25, 0.3) is 20.3 Å². The Hall–Kier alpha value is -3.12. The van der Waals surface area contributed by atoms with Crippen LogP contribution in [0.15, 0.2) is 0 Å². The summed E-state index contributed by atoms with van der Waals surface area (Å²) in [7, 11) is 0. The summed E-state index contributed by atoms with van der Waals surface area (Å²) in [6, 6.07) is 0. The molecule has 0 atom stereocenters. The van der Waals surface area contributed by atoms with Crippen LogP contribution in [0.5, 0.6) is 0 Å². The third kappa shape index (κ3) is 5.35. The molecule has 12 nitrogen and oxygen atoms in total. The number of hydrogen-bond donors (Lipinski definition) is 4. The Morgan fingerprint density at radius 3 is 1.00 bits per heavy atom. The fraction of sp³-hybridized carbons (Fsp3) is 1.00. The van der Waals surface area contributed by atoms with Crippen molar-refractivity contribution in [3.8, 4) is 0 Å². The Bertz CT molecular complexity index is 296. The monoisotopic (exact) mass is 240 g/mol. The second-order valence-corrected chi connectivity index (χ2v) is 3.24. The van der Waals surface area contributed by atoms with Crippen molar-refractivity contribution in [2.45, 2.75) is 0 Å². The molecule has 88 valence electrons. The molecular formula is C5H12N12+4. The molecule has 17 heavy (non-hydrogen) atoms. The second kappa shape index (κ2) is 8.21. The fourth-order valence-electron chi connectivity index (χ4n) is 1.19. The molecule has 0 unspecified atom stereocenters. The van der Waals surface area contributed by atoms with E-state index in [0.29, 0.717) is 0 Å². The SMILES string of the molecule is N#[N+]NCC(CN[N+]#N)(CN[N+]#N)CN[N+]#N. The largest absolute Gasteiger partial charge is 0.302 e. The number of nitrogens with one attached hydrogen (secondary N) is 4. The zero-order valence-electron chi connectivity index (χ0n) is 8.91. The van der Waals surface area contributed by atoms with Crippen LogP contribution in [0, 0.1) is 27.0 Å². The van der Waals surface area contributed by atoms with Gasteiger partial charge in [-0.25, -0.2) is 0 Å². The number of nitrogens with zero attached hydrogens (tertiary/aromatic N) is 8. The van der Waals surface area contributed by atoms with Crippen molar-refractivity contribution in [1.29, 1.82) is 21.6 Å². The van der Waals surface area contributed by atoms with Gasteiger partial charge in [0, 0.05) is 0 Å². The van der Waals surface area contributed by atoms with Crippen molar-refractivity contribution in [2.24, 2.45) is 5.41 Å². The van der Waals surface area contributed by atoms with Crippen LogP contribution >= 0.6 is 0 Å². The number of hydrogen-bond acceptors (Lipinski definition) is 8. The summed E-state index contributed by atoms with van der Waals surface area (Å²) in [4.78, 5) is 0. The van der Waals surface area contributed by atoms with E-state index in [9.17, 15) is 0 Å². The summed E-state index contributed by atoms with van der Waals surface area (Å²) >= 11 is 0. The van der Waals surface area contributed by atoms with Crippen molar-refractivity contribution in [3.63, 3.8) is 0 Å². The molecule has 0 aromatic heterocycles. The Morgan fingerprint density at radius 1 is 0.588 bits per heavy atom. The van der Waals surface area contributed by atoms with Crippen LogP contribution in [-0.2, 0) is 0 Å². The molecule has 12 heteroatoms. The summed E-state index contributed by atoms with van der Waals surface area (Å²) in [6.45, 7) is 0.488. The highest BCUT2D eigenvalue weighted by Crippen LogP contribution is 2.13. The molecule has 0 aromatic rings. The van der Waals surface area contributed by atoms with E-state index in [2.05, 4.69) is 42.0 Å². The highest BCUT2D eigenvalue weighted by atomic mass is 15.4. The first-order valence-electron chi connectivity index (χ1n) is 4.52. The van der Waals surface area contributed by atoms with Gasteiger partial charge in [0.25, 0.3) is 21.6 Å². The molecule has 0 saturated carbocycles. The van der Waals surface area contributed by atoms with Gasteiger partial charge in [-0.2, -0.15) is 0 Å². The summed E-state index contributed by atoms with van der Waals surface area (Å²) in [6.07, 6.45) is 0.